The molecule has 20 heavy (non-hydrogen) atoms. The molecule has 0 fully saturated rings. The quantitative estimate of drug-likeness (QED) is 0.399. The molecule has 0 N–H and O–H groups in total. The van der Waals surface area contributed by atoms with E-state index < -0.39 is 4.92 Å². The van der Waals surface area contributed by atoms with Gasteiger partial charge >= 0.3 is 5.69 Å². The molecule has 0 saturated heterocycles. The fourth-order valence-electron chi connectivity index (χ4n) is 1.57. The van der Waals surface area contributed by atoms with Gasteiger partial charge in [-0.25, -0.2) is 0 Å². The Kier molecular flexibility index (Phi) is 4.86. The molecule has 104 valence electrons. The van der Waals surface area contributed by atoms with E-state index in [2.05, 4.69) is 15.9 Å². The van der Waals surface area contributed by atoms with Crippen molar-refractivity contribution in [1.29, 1.82) is 0 Å². The van der Waals surface area contributed by atoms with Crippen LogP contribution in [0, 0.1) is 10.1 Å². The number of alkyl halides is 1. The van der Waals surface area contributed by atoms with Gasteiger partial charge in [-0.15, -0.1) is 11.6 Å². The van der Waals surface area contributed by atoms with Crippen molar-refractivity contribution in [2.24, 2.45) is 0 Å². The van der Waals surface area contributed by atoms with Crippen molar-refractivity contribution in [1.82, 2.24) is 0 Å². The maximum atomic E-state index is 11.0. The van der Waals surface area contributed by atoms with Crippen molar-refractivity contribution in [3.8, 4) is 11.5 Å². The molecule has 2 aromatic carbocycles. The van der Waals surface area contributed by atoms with Crippen molar-refractivity contribution in [2.75, 3.05) is 0 Å². The maximum absolute atomic E-state index is 11.0. The van der Waals surface area contributed by atoms with Crippen LogP contribution in [0.4, 0.5) is 5.69 Å². The third-order valence-electron chi connectivity index (χ3n) is 2.51. The van der Waals surface area contributed by atoms with Crippen LogP contribution in [0.25, 0.3) is 0 Å². The zero-order valence-corrected chi connectivity index (χ0v) is 13.1. The molecule has 0 bridgehead atoms. The van der Waals surface area contributed by atoms with Crippen LogP contribution in [0.3, 0.4) is 0 Å². The molecular formula is C13H8BrCl2NO3. The summed E-state index contributed by atoms with van der Waals surface area (Å²) in [5.41, 5.74) is 0.539. The summed E-state index contributed by atoms with van der Waals surface area (Å²) in [7, 11) is 0. The predicted octanol–water partition coefficient (Wildman–Crippen LogP) is 5.54. The normalized spacial score (nSPS) is 10.3. The molecule has 0 heterocycles. The number of nitro groups is 1. The Balaban J connectivity index is 2.44. The molecule has 0 atom stereocenters. The Labute approximate surface area is 133 Å². The zero-order valence-electron chi connectivity index (χ0n) is 9.98. The van der Waals surface area contributed by atoms with Gasteiger partial charge in [0.25, 0.3) is 0 Å². The monoisotopic (exact) mass is 375 g/mol. The lowest BCUT2D eigenvalue weighted by atomic mass is 10.2. The van der Waals surface area contributed by atoms with Crippen molar-refractivity contribution >= 4 is 44.8 Å². The fraction of sp³-hybridized carbons (Fsp3) is 0.0769. The minimum absolute atomic E-state index is 0.115. The number of ether oxygens (including phenoxy) is 1. The first kappa shape index (κ1) is 15.1. The maximum Gasteiger partial charge on any atom is 0.313 e. The Morgan fingerprint density at radius 3 is 2.60 bits per heavy atom. The number of hydrogen-bond acceptors (Lipinski definition) is 3. The van der Waals surface area contributed by atoms with Gasteiger partial charge in [0.15, 0.2) is 0 Å². The lowest BCUT2D eigenvalue weighted by Gasteiger charge is -2.10. The third-order valence-corrected chi connectivity index (χ3v) is 3.53. The molecule has 0 amide bonds. The van der Waals surface area contributed by atoms with E-state index in [1.54, 1.807) is 12.1 Å². The van der Waals surface area contributed by atoms with Gasteiger partial charge in [-0.3, -0.25) is 10.1 Å². The first-order valence-corrected chi connectivity index (χ1v) is 7.18. The van der Waals surface area contributed by atoms with Gasteiger partial charge in [0.1, 0.15) is 5.75 Å². The standard InChI is InChI=1S/C13H8BrCl2NO3/c14-9-2-1-8(7-15)13(5-9)20-12-4-3-10(16)6-11(12)17(18)19/h1-6H,7H2. The van der Waals surface area contributed by atoms with E-state index in [4.69, 9.17) is 27.9 Å². The summed E-state index contributed by atoms with van der Waals surface area (Å²) in [6.07, 6.45) is 0. The van der Waals surface area contributed by atoms with Crippen LogP contribution in [0.15, 0.2) is 40.9 Å². The minimum Gasteiger partial charge on any atom is -0.450 e. The summed E-state index contributed by atoms with van der Waals surface area (Å²) < 4.78 is 6.40. The summed E-state index contributed by atoms with van der Waals surface area (Å²) in [6, 6.07) is 9.54. The molecule has 0 unspecified atom stereocenters. The molecule has 0 spiro atoms. The van der Waals surface area contributed by atoms with E-state index in [0.717, 1.165) is 10.0 Å². The second-order valence-corrected chi connectivity index (χ2v) is 5.48. The average molecular weight is 377 g/mol. The van der Waals surface area contributed by atoms with Crippen molar-refractivity contribution in [3.63, 3.8) is 0 Å². The summed E-state index contributed by atoms with van der Waals surface area (Å²) in [4.78, 5) is 10.5. The fourth-order valence-corrected chi connectivity index (χ4v) is 2.30. The van der Waals surface area contributed by atoms with Crippen molar-refractivity contribution < 1.29 is 9.66 Å². The van der Waals surface area contributed by atoms with E-state index in [-0.39, 0.29) is 22.3 Å². The van der Waals surface area contributed by atoms with Crippen LogP contribution >= 0.6 is 39.1 Å². The Morgan fingerprint density at radius 2 is 1.95 bits per heavy atom. The SMILES string of the molecule is O=[N+]([O-])c1cc(Cl)ccc1Oc1cc(Br)ccc1CCl. The smallest absolute Gasteiger partial charge is 0.313 e. The molecule has 0 radical (unpaired) electrons. The van der Waals surface area contributed by atoms with E-state index in [9.17, 15) is 10.1 Å². The second-order valence-electron chi connectivity index (χ2n) is 3.86. The zero-order chi connectivity index (χ0) is 14.7. The van der Waals surface area contributed by atoms with Crippen LogP contribution in [0.2, 0.25) is 5.02 Å². The highest BCUT2D eigenvalue weighted by molar-refractivity contribution is 9.10. The minimum atomic E-state index is -0.542. The van der Waals surface area contributed by atoms with Gasteiger partial charge in [-0.2, -0.15) is 0 Å². The molecule has 7 heteroatoms. The first-order valence-electron chi connectivity index (χ1n) is 5.47. The predicted molar refractivity (Wildman–Crippen MR) is 81.9 cm³/mol. The first-order chi connectivity index (χ1) is 9.51. The molecule has 0 aliphatic rings. The number of benzene rings is 2. The van der Waals surface area contributed by atoms with E-state index in [0.29, 0.717) is 5.75 Å². The van der Waals surface area contributed by atoms with Crippen molar-refractivity contribution in [3.05, 3.63) is 61.6 Å². The topological polar surface area (TPSA) is 52.4 Å². The van der Waals surface area contributed by atoms with Gasteiger partial charge in [0.2, 0.25) is 5.75 Å². The molecular weight excluding hydrogens is 369 g/mol. The largest absolute Gasteiger partial charge is 0.450 e. The lowest BCUT2D eigenvalue weighted by Crippen LogP contribution is -1.95. The van der Waals surface area contributed by atoms with Crippen LogP contribution in [-0.2, 0) is 5.88 Å². The molecule has 4 nitrogen and oxygen atoms in total. The van der Waals surface area contributed by atoms with E-state index in [1.165, 1.54) is 18.2 Å². The van der Waals surface area contributed by atoms with Crippen molar-refractivity contribution in [2.45, 2.75) is 5.88 Å². The Hall–Kier alpha value is -1.30. The molecule has 2 aromatic rings. The van der Waals surface area contributed by atoms with Crippen LogP contribution in [0.1, 0.15) is 5.56 Å². The summed E-state index contributed by atoms with van der Waals surface area (Å²) in [5.74, 6) is 0.813. The summed E-state index contributed by atoms with van der Waals surface area (Å²) in [5, 5.41) is 11.3. The number of hydrogen-bond donors (Lipinski definition) is 0. The highest BCUT2D eigenvalue weighted by Crippen LogP contribution is 2.36. The van der Waals surface area contributed by atoms with Gasteiger partial charge in [-0.05, 0) is 24.3 Å². The van der Waals surface area contributed by atoms with Crippen LogP contribution < -0.4 is 4.74 Å². The number of nitro benzene ring substituents is 1. The summed E-state index contributed by atoms with van der Waals surface area (Å²) >= 11 is 14.9. The molecule has 2 rings (SSSR count). The molecule has 0 aliphatic heterocycles. The Bertz CT molecular complexity index is 664. The summed E-state index contributed by atoms with van der Waals surface area (Å²) in [6.45, 7) is 0. The van der Waals surface area contributed by atoms with Crippen LogP contribution in [-0.4, -0.2) is 4.92 Å². The highest BCUT2D eigenvalue weighted by atomic mass is 79.9. The second kappa shape index (κ2) is 6.43. The third kappa shape index (κ3) is 3.42. The number of rotatable bonds is 4. The number of nitrogens with zero attached hydrogens (tertiary/aromatic N) is 1. The van der Waals surface area contributed by atoms with Gasteiger partial charge in [-0.1, -0.05) is 33.6 Å². The van der Waals surface area contributed by atoms with E-state index >= 15 is 0 Å². The van der Waals surface area contributed by atoms with Gasteiger partial charge in [0.05, 0.1) is 10.8 Å². The Morgan fingerprint density at radius 1 is 1.20 bits per heavy atom. The van der Waals surface area contributed by atoms with Gasteiger partial charge < -0.3 is 4.74 Å². The molecule has 0 aliphatic carbocycles. The molecule has 0 saturated carbocycles. The van der Waals surface area contributed by atoms with Gasteiger partial charge in [0, 0.05) is 21.1 Å². The highest BCUT2D eigenvalue weighted by Gasteiger charge is 2.17. The lowest BCUT2D eigenvalue weighted by molar-refractivity contribution is -0.385. The number of halogens is 3. The molecule has 0 aromatic heterocycles. The van der Waals surface area contributed by atoms with E-state index in [1.807, 2.05) is 6.07 Å². The average Bonchev–Trinajstić information content (AvgIpc) is 2.41. The van der Waals surface area contributed by atoms with Crippen LogP contribution in [0.5, 0.6) is 11.5 Å².